The molecule has 0 radical (unpaired) electrons. The lowest BCUT2D eigenvalue weighted by Gasteiger charge is -2.17. The Hall–Kier alpha value is -1.76. The summed E-state index contributed by atoms with van der Waals surface area (Å²) in [6.07, 6.45) is 0.353. The van der Waals surface area contributed by atoms with Gasteiger partial charge in [-0.2, -0.15) is 0 Å². The van der Waals surface area contributed by atoms with Crippen molar-refractivity contribution in [3.05, 3.63) is 22.2 Å². The number of carbonyl (C=O) groups excluding carboxylic acids is 1. The molecule has 1 aromatic rings. The Morgan fingerprint density at radius 1 is 1.23 bits per heavy atom. The van der Waals surface area contributed by atoms with Crippen molar-refractivity contribution in [2.75, 3.05) is 14.2 Å². The Morgan fingerprint density at radius 2 is 1.73 bits per heavy atom. The molecule has 7 heteroatoms. The summed E-state index contributed by atoms with van der Waals surface area (Å²) in [5.41, 5.74) is 0.270. The van der Waals surface area contributed by atoms with Gasteiger partial charge in [-0.3, -0.25) is 4.79 Å². The minimum atomic E-state index is -1.06. The van der Waals surface area contributed by atoms with Crippen molar-refractivity contribution in [1.29, 1.82) is 0 Å². The van der Waals surface area contributed by atoms with Gasteiger partial charge in [-0.25, -0.2) is 4.79 Å². The normalized spacial score (nSPS) is 11.9. The quantitative estimate of drug-likeness (QED) is 0.767. The van der Waals surface area contributed by atoms with Crippen molar-refractivity contribution in [2.45, 2.75) is 26.3 Å². The van der Waals surface area contributed by atoms with Crippen molar-refractivity contribution in [3.63, 3.8) is 0 Å². The predicted octanol–water partition coefficient (Wildman–Crippen LogP) is 2.70. The zero-order chi connectivity index (χ0) is 16.9. The van der Waals surface area contributed by atoms with Gasteiger partial charge in [0, 0.05) is 5.56 Å². The molecular weight excluding hydrogens is 354 g/mol. The van der Waals surface area contributed by atoms with E-state index >= 15 is 0 Å². The summed E-state index contributed by atoms with van der Waals surface area (Å²) in [5, 5.41) is 11.7. The number of hydrogen-bond donors (Lipinski definition) is 2. The third-order valence-corrected chi connectivity index (χ3v) is 3.80. The molecule has 0 bridgehead atoms. The molecule has 0 unspecified atom stereocenters. The molecule has 0 aliphatic heterocycles. The van der Waals surface area contributed by atoms with Gasteiger partial charge in [0.25, 0.3) is 5.91 Å². The largest absolute Gasteiger partial charge is 0.495 e. The van der Waals surface area contributed by atoms with Crippen molar-refractivity contribution in [1.82, 2.24) is 5.32 Å². The van der Waals surface area contributed by atoms with Crippen molar-refractivity contribution in [3.8, 4) is 11.5 Å². The third-order valence-electron chi connectivity index (χ3n) is 3.02. The van der Waals surface area contributed by atoms with Crippen LogP contribution in [0.25, 0.3) is 0 Å². The Kier molecular flexibility index (Phi) is 6.67. The number of rotatable bonds is 7. The topological polar surface area (TPSA) is 84.9 Å². The zero-order valence-electron chi connectivity index (χ0n) is 13.0. The maximum Gasteiger partial charge on any atom is 0.326 e. The summed E-state index contributed by atoms with van der Waals surface area (Å²) in [4.78, 5) is 23.5. The molecule has 1 rings (SSSR count). The Bertz CT molecular complexity index is 534. The first kappa shape index (κ1) is 18.3. The van der Waals surface area contributed by atoms with Crippen LogP contribution in [-0.4, -0.2) is 37.2 Å². The Labute approximate surface area is 137 Å². The number of methoxy groups -OCH3 is 2. The SMILES string of the molecule is COc1cc(C(=O)N[C@H](CC(C)C)C(=O)O)cc(OC)c1Br. The van der Waals surface area contributed by atoms with Gasteiger partial charge in [-0.05, 0) is 40.4 Å². The number of carboxylic acid groups (broad SMARTS) is 1. The number of carboxylic acids is 1. The number of hydrogen-bond acceptors (Lipinski definition) is 4. The molecule has 0 saturated heterocycles. The molecule has 1 amide bonds. The molecule has 0 aliphatic carbocycles. The van der Waals surface area contributed by atoms with E-state index in [-0.39, 0.29) is 11.5 Å². The van der Waals surface area contributed by atoms with E-state index in [4.69, 9.17) is 9.47 Å². The molecule has 1 atom stereocenters. The van der Waals surface area contributed by atoms with E-state index in [1.54, 1.807) is 0 Å². The van der Waals surface area contributed by atoms with Gasteiger partial charge in [0.2, 0.25) is 0 Å². The highest BCUT2D eigenvalue weighted by atomic mass is 79.9. The monoisotopic (exact) mass is 373 g/mol. The van der Waals surface area contributed by atoms with E-state index in [1.165, 1.54) is 26.4 Å². The average Bonchev–Trinajstić information content (AvgIpc) is 2.46. The van der Waals surface area contributed by atoms with E-state index in [0.29, 0.717) is 22.4 Å². The van der Waals surface area contributed by atoms with E-state index in [9.17, 15) is 14.7 Å². The van der Waals surface area contributed by atoms with Crippen LogP contribution < -0.4 is 14.8 Å². The van der Waals surface area contributed by atoms with Gasteiger partial charge in [-0.1, -0.05) is 13.8 Å². The van der Waals surface area contributed by atoms with Crippen LogP contribution in [0.3, 0.4) is 0 Å². The van der Waals surface area contributed by atoms with Gasteiger partial charge < -0.3 is 19.9 Å². The zero-order valence-corrected chi connectivity index (χ0v) is 14.6. The van der Waals surface area contributed by atoms with Crippen LogP contribution in [-0.2, 0) is 4.79 Å². The first-order valence-corrected chi connectivity index (χ1v) is 7.54. The van der Waals surface area contributed by atoms with E-state index in [2.05, 4.69) is 21.2 Å². The minimum Gasteiger partial charge on any atom is -0.495 e. The molecular formula is C15H20BrNO5. The molecule has 1 aromatic carbocycles. The molecule has 0 fully saturated rings. The number of amides is 1. The molecule has 22 heavy (non-hydrogen) atoms. The molecule has 0 aromatic heterocycles. The molecule has 122 valence electrons. The maximum atomic E-state index is 12.3. The van der Waals surface area contributed by atoms with Crippen LogP contribution in [0.2, 0.25) is 0 Å². The third kappa shape index (κ3) is 4.62. The van der Waals surface area contributed by atoms with Gasteiger partial charge in [-0.15, -0.1) is 0 Å². The van der Waals surface area contributed by atoms with Crippen molar-refractivity contribution >= 4 is 27.8 Å². The highest BCUT2D eigenvalue weighted by Crippen LogP contribution is 2.35. The van der Waals surface area contributed by atoms with Crippen LogP contribution in [0.1, 0.15) is 30.6 Å². The first-order valence-electron chi connectivity index (χ1n) is 6.75. The lowest BCUT2D eigenvalue weighted by molar-refractivity contribution is -0.139. The lowest BCUT2D eigenvalue weighted by atomic mass is 10.0. The summed E-state index contributed by atoms with van der Waals surface area (Å²) in [6.45, 7) is 3.79. The molecule has 6 nitrogen and oxygen atoms in total. The van der Waals surface area contributed by atoms with Crippen LogP contribution in [0.15, 0.2) is 16.6 Å². The molecule has 2 N–H and O–H groups in total. The standard InChI is InChI=1S/C15H20BrNO5/c1-8(2)5-10(15(19)20)17-14(18)9-6-11(21-3)13(16)12(7-9)22-4/h6-8,10H,5H2,1-4H3,(H,17,18)(H,19,20)/t10-/m1/s1. The van der Waals surface area contributed by atoms with Gasteiger partial charge in [0.05, 0.1) is 14.2 Å². The minimum absolute atomic E-state index is 0.149. The lowest BCUT2D eigenvalue weighted by Crippen LogP contribution is -2.41. The average molecular weight is 374 g/mol. The summed E-state index contributed by atoms with van der Waals surface area (Å²) in [7, 11) is 2.94. The van der Waals surface area contributed by atoms with Crippen LogP contribution in [0, 0.1) is 5.92 Å². The number of carbonyl (C=O) groups is 2. The Balaban J connectivity index is 3.04. The Morgan fingerprint density at radius 3 is 2.09 bits per heavy atom. The van der Waals surface area contributed by atoms with Crippen LogP contribution >= 0.6 is 15.9 Å². The second-order valence-corrected chi connectivity index (χ2v) is 5.98. The van der Waals surface area contributed by atoms with Gasteiger partial charge >= 0.3 is 5.97 Å². The number of aliphatic carboxylic acids is 1. The number of ether oxygens (including phenoxy) is 2. The smallest absolute Gasteiger partial charge is 0.326 e. The summed E-state index contributed by atoms with van der Waals surface area (Å²) in [6, 6.07) is 2.11. The fourth-order valence-electron chi connectivity index (χ4n) is 1.93. The van der Waals surface area contributed by atoms with E-state index in [1.807, 2.05) is 13.8 Å². The fourth-order valence-corrected chi connectivity index (χ4v) is 2.49. The van der Waals surface area contributed by atoms with Crippen LogP contribution in [0.5, 0.6) is 11.5 Å². The predicted molar refractivity (Wildman–Crippen MR) is 85.6 cm³/mol. The van der Waals surface area contributed by atoms with E-state index in [0.717, 1.165) is 0 Å². The summed E-state index contributed by atoms with van der Waals surface area (Å²) >= 11 is 3.32. The van der Waals surface area contributed by atoms with E-state index < -0.39 is 17.9 Å². The summed E-state index contributed by atoms with van der Waals surface area (Å²) in [5.74, 6) is -0.536. The van der Waals surface area contributed by atoms with Crippen molar-refractivity contribution in [2.24, 2.45) is 5.92 Å². The highest BCUT2D eigenvalue weighted by molar-refractivity contribution is 9.10. The molecule has 0 spiro atoms. The van der Waals surface area contributed by atoms with Crippen molar-refractivity contribution < 1.29 is 24.2 Å². The first-order chi connectivity index (χ1) is 10.3. The molecule has 0 saturated carbocycles. The molecule has 0 heterocycles. The second-order valence-electron chi connectivity index (χ2n) is 5.19. The van der Waals surface area contributed by atoms with Crippen LogP contribution in [0.4, 0.5) is 0 Å². The summed E-state index contributed by atoms with van der Waals surface area (Å²) < 4.78 is 10.9. The van der Waals surface area contributed by atoms with Gasteiger partial charge in [0.1, 0.15) is 22.0 Å². The highest BCUT2D eigenvalue weighted by Gasteiger charge is 2.23. The van der Waals surface area contributed by atoms with Gasteiger partial charge in [0.15, 0.2) is 0 Å². The number of halogens is 1. The maximum absolute atomic E-state index is 12.3. The second kappa shape index (κ2) is 8.03. The fraction of sp³-hybridized carbons (Fsp3) is 0.467. The number of benzene rings is 1. The molecule has 0 aliphatic rings. The number of nitrogens with one attached hydrogen (secondary N) is 1.